The molecule has 0 saturated carbocycles. The van der Waals surface area contributed by atoms with Gasteiger partial charge in [0.2, 0.25) is 5.91 Å². The normalized spacial score (nSPS) is 14.7. The molecule has 2 heterocycles. The third kappa shape index (κ3) is 4.84. The molecule has 8 heteroatoms. The zero-order chi connectivity index (χ0) is 19.2. The molecule has 1 aliphatic heterocycles. The van der Waals surface area contributed by atoms with Crippen LogP contribution in [0.4, 0.5) is 5.82 Å². The Morgan fingerprint density at radius 3 is 2.74 bits per heavy atom. The Bertz CT molecular complexity index is 843. The van der Waals surface area contributed by atoms with Gasteiger partial charge in [-0.05, 0) is 26.2 Å². The summed E-state index contributed by atoms with van der Waals surface area (Å²) in [4.78, 5) is 33.8. The van der Waals surface area contributed by atoms with Crippen molar-refractivity contribution in [2.24, 2.45) is 0 Å². The number of carbonyl (C=O) groups is 1. The molecular weight excluding hydrogens is 346 g/mol. The third-order valence-electron chi connectivity index (χ3n) is 4.59. The Balaban J connectivity index is 1.81. The average Bonchev–Trinajstić information content (AvgIpc) is 2.67. The third-order valence-corrected chi connectivity index (χ3v) is 4.59. The molecule has 1 aromatic heterocycles. The SMILES string of the molecule is CN(C)CCNC(=O)CCn1c(=O)c(N2CCOCC2)nc2ccccc21. The van der Waals surface area contributed by atoms with E-state index in [4.69, 9.17) is 4.74 Å². The van der Waals surface area contributed by atoms with Crippen LogP contribution in [0, 0.1) is 0 Å². The second kappa shape index (κ2) is 8.96. The van der Waals surface area contributed by atoms with E-state index >= 15 is 0 Å². The number of ether oxygens (including phenoxy) is 1. The van der Waals surface area contributed by atoms with E-state index in [-0.39, 0.29) is 17.9 Å². The summed E-state index contributed by atoms with van der Waals surface area (Å²) < 4.78 is 7.04. The number of benzene rings is 1. The predicted octanol–water partition coefficient (Wildman–Crippen LogP) is 0.301. The molecule has 0 aliphatic carbocycles. The summed E-state index contributed by atoms with van der Waals surface area (Å²) in [6.07, 6.45) is 0.254. The summed E-state index contributed by atoms with van der Waals surface area (Å²) in [5, 5.41) is 2.89. The van der Waals surface area contributed by atoms with Crippen molar-refractivity contribution in [2.45, 2.75) is 13.0 Å². The first-order valence-electron chi connectivity index (χ1n) is 9.30. The Morgan fingerprint density at radius 2 is 2.00 bits per heavy atom. The number of carbonyl (C=O) groups excluding carboxylic acids is 1. The first-order chi connectivity index (χ1) is 13.1. The van der Waals surface area contributed by atoms with Crippen molar-refractivity contribution in [1.82, 2.24) is 19.8 Å². The highest BCUT2D eigenvalue weighted by Gasteiger charge is 2.19. The molecule has 146 valence electrons. The van der Waals surface area contributed by atoms with Gasteiger partial charge < -0.3 is 24.4 Å². The second-order valence-corrected chi connectivity index (χ2v) is 6.88. The monoisotopic (exact) mass is 373 g/mol. The maximum atomic E-state index is 13.1. The van der Waals surface area contributed by atoms with Crippen LogP contribution in [0.25, 0.3) is 11.0 Å². The van der Waals surface area contributed by atoms with Gasteiger partial charge in [-0.15, -0.1) is 0 Å². The molecule has 1 amide bonds. The summed E-state index contributed by atoms with van der Waals surface area (Å²) in [6.45, 7) is 4.16. The first-order valence-corrected chi connectivity index (χ1v) is 9.30. The quantitative estimate of drug-likeness (QED) is 0.752. The van der Waals surface area contributed by atoms with E-state index < -0.39 is 0 Å². The standard InChI is InChI=1S/C19H27N5O3/c1-22(2)10-8-20-17(25)7-9-24-16-6-4-3-5-15(16)21-18(19(24)26)23-11-13-27-14-12-23/h3-6H,7-14H2,1-2H3,(H,20,25). The van der Waals surface area contributed by atoms with Crippen LogP contribution in [0.2, 0.25) is 0 Å². The lowest BCUT2D eigenvalue weighted by atomic mass is 10.2. The van der Waals surface area contributed by atoms with Crippen molar-refractivity contribution in [3.8, 4) is 0 Å². The van der Waals surface area contributed by atoms with Gasteiger partial charge in [0.05, 0.1) is 24.2 Å². The zero-order valence-corrected chi connectivity index (χ0v) is 16.0. The highest BCUT2D eigenvalue weighted by molar-refractivity contribution is 5.78. The minimum atomic E-state index is -0.156. The van der Waals surface area contributed by atoms with Crippen molar-refractivity contribution >= 4 is 22.8 Å². The molecule has 0 radical (unpaired) electrons. The highest BCUT2D eigenvalue weighted by Crippen LogP contribution is 2.15. The van der Waals surface area contributed by atoms with Crippen LogP contribution in [0.1, 0.15) is 6.42 Å². The lowest BCUT2D eigenvalue weighted by Crippen LogP contribution is -2.41. The van der Waals surface area contributed by atoms with Crippen molar-refractivity contribution in [3.05, 3.63) is 34.6 Å². The van der Waals surface area contributed by atoms with Crippen molar-refractivity contribution in [2.75, 3.05) is 58.4 Å². The number of likely N-dealkylation sites (N-methyl/N-ethyl adjacent to an activating group) is 1. The Kier molecular flexibility index (Phi) is 6.41. The molecule has 0 atom stereocenters. The van der Waals surface area contributed by atoms with Gasteiger partial charge >= 0.3 is 0 Å². The topological polar surface area (TPSA) is 79.7 Å². The number of anilines is 1. The molecule has 1 N–H and O–H groups in total. The van der Waals surface area contributed by atoms with E-state index in [2.05, 4.69) is 10.3 Å². The molecule has 2 aromatic rings. The lowest BCUT2D eigenvalue weighted by molar-refractivity contribution is -0.121. The summed E-state index contributed by atoms with van der Waals surface area (Å²) >= 11 is 0. The molecule has 27 heavy (non-hydrogen) atoms. The molecular formula is C19H27N5O3. The van der Waals surface area contributed by atoms with Gasteiger partial charge in [-0.2, -0.15) is 0 Å². The van der Waals surface area contributed by atoms with Crippen molar-refractivity contribution in [1.29, 1.82) is 0 Å². The minimum Gasteiger partial charge on any atom is -0.378 e. The molecule has 0 unspecified atom stereocenters. The molecule has 1 saturated heterocycles. The average molecular weight is 373 g/mol. The number of para-hydroxylation sites is 2. The summed E-state index contributed by atoms with van der Waals surface area (Å²) in [5.41, 5.74) is 1.35. The maximum absolute atomic E-state index is 13.1. The molecule has 0 spiro atoms. The number of hydrogen-bond acceptors (Lipinski definition) is 6. The van der Waals surface area contributed by atoms with E-state index in [0.29, 0.717) is 45.2 Å². The fourth-order valence-corrected chi connectivity index (χ4v) is 3.10. The summed E-state index contributed by atoms with van der Waals surface area (Å²) in [6, 6.07) is 7.55. The molecule has 1 aromatic carbocycles. The number of nitrogens with one attached hydrogen (secondary N) is 1. The Morgan fingerprint density at radius 1 is 1.26 bits per heavy atom. The number of morpholine rings is 1. The van der Waals surface area contributed by atoms with Crippen LogP contribution in [0.15, 0.2) is 29.1 Å². The lowest BCUT2D eigenvalue weighted by Gasteiger charge is -2.28. The van der Waals surface area contributed by atoms with Gasteiger partial charge in [0.25, 0.3) is 5.56 Å². The molecule has 3 rings (SSSR count). The van der Waals surface area contributed by atoms with Gasteiger partial charge in [0.1, 0.15) is 0 Å². The minimum absolute atomic E-state index is 0.0578. The Labute approximate surface area is 158 Å². The largest absolute Gasteiger partial charge is 0.378 e. The van der Waals surface area contributed by atoms with Crippen LogP contribution in [-0.4, -0.2) is 73.8 Å². The molecule has 0 bridgehead atoms. The van der Waals surface area contributed by atoms with E-state index in [1.54, 1.807) is 4.57 Å². The van der Waals surface area contributed by atoms with Gasteiger partial charge in [-0.3, -0.25) is 9.59 Å². The van der Waals surface area contributed by atoms with Crippen molar-refractivity contribution in [3.63, 3.8) is 0 Å². The fraction of sp³-hybridized carbons (Fsp3) is 0.526. The summed E-state index contributed by atoms with van der Waals surface area (Å²) in [7, 11) is 3.92. The smallest absolute Gasteiger partial charge is 0.294 e. The number of aromatic nitrogens is 2. The van der Waals surface area contributed by atoms with Crippen LogP contribution in [-0.2, 0) is 16.1 Å². The van der Waals surface area contributed by atoms with E-state index in [9.17, 15) is 9.59 Å². The van der Waals surface area contributed by atoms with E-state index in [0.717, 1.165) is 17.6 Å². The maximum Gasteiger partial charge on any atom is 0.294 e. The fourth-order valence-electron chi connectivity index (χ4n) is 3.10. The zero-order valence-electron chi connectivity index (χ0n) is 16.0. The first kappa shape index (κ1) is 19.3. The van der Waals surface area contributed by atoms with Crippen LogP contribution >= 0.6 is 0 Å². The number of rotatable bonds is 7. The van der Waals surface area contributed by atoms with E-state index in [1.165, 1.54) is 0 Å². The van der Waals surface area contributed by atoms with Crippen LogP contribution < -0.4 is 15.8 Å². The van der Waals surface area contributed by atoms with Crippen LogP contribution in [0.3, 0.4) is 0 Å². The van der Waals surface area contributed by atoms with Gasteiger partial charge in [0.15, 0.2) is 5.82 Å². The number of amides is 1. The number of nitrogens with zero attached hydrogens (tertiary/aromatic N) is 4. The highest BCUT2D eigenvalue weighted by atomic mass is 16.5. The predicted molar refractivity (Wildman–Crippen MR) is 105 cm³/mol. The summed E-state index contributed by atoms with van der Waals surface area (Å²) in [5.74, 6) is 0.377. The molecule has 1 fully saturated rings. The number of aryl methyl sites for hydroxylation is 1. The second-order valence-electron chi connectivity index (χ2n) is 6.88. The van der Waals surface area contributed by atoms with Gasteiger partial charge in [-0.25, -0.2) is 4.98 Å². The number of hydrogen-bond donors (Lipinski definition) is 1. The number of fused-ring (bicyclic) bond motifs is 1. The van der Waals surface area contributed by atoms with E-state index in [1.807, 2.05) is 48.2 Å². The molecule has 8 nitrogen and oxygen atoms in total. The molecule has 1 aliphatic rings. The Hall–Kier alpha value is -2.45. The van der Waals surface area contributed by atoms with Gasteiger partial charge in [-0.1, -0.05) is 12.1 Å². The van der Waals surface area contributed by atoms with Crippen LogP contribution in [0.5, 0.6) is 0 Å². The van der Waals surface area contributed by atoms with Gasteiger partial charge in [0, 0.05) is 39.1 Å². The van der Waals surface area contributed by atoms with Crippen molar-refractivity contribution < 1.29 is 9.53 Å².